The highest BCUT2D eigenvalue weighted by Gasteiger charge is 2.28. The van der Waals surface area contributed by atoms with Crippen LogP contribution >= 0.6 is 0 Å². The van der Waals surface area contributed by atoms with Crippen LogP contribution in [-0.4, -0.2) is 52.1 Å². The third kappa shape index (κ3) is 4.47. The van der Waals surface area contributed by atoms with E-state index in [1.165, 1.54) is 4.90 Å². The molecule has 0 spiro atoms. The summed E-state index contributed by atoms with van der Waals surface area (Å²) >= 11 is 0. The van der Waals surface area contributed by atoms with Gasteiger partial charge in [-0.25, -0.2) is 10.4 Å². The van der Waals surface area contributed by atoms with Crippen LogP contribution in [0.15, 0.2) is 42.2 Å². The molecule has 0 saturated carbocycles. The lowest BCUT2D eigenvalue weighted by molar-refractivity contribution is -0.126. The minimum Gasteiger partial charge on any atom is -0.395 e. The fourth-order valence-corrected chi connectivity index (χ4v) is 3.13. The second kappa shape index (κ2) is 8.37. The molecule has 8 nitrogen and oxygen atoms in total. The number of rotatable bonds is 6. The standard InChI is InChI=1S/C20H26N6O2/c1-13-9-14(2)11-16(10-13)22-20-21-6-5-18(23-20)26-12-17(15(3)24-26)19(28)25(4)7-8-27/h5-6,9-12,15,24,27H,7-8H2,1-4H3,(H,21,22,23). The molecule has 148 valence electrons. The Kier molecular flexibility index (Phi) is 5.91. The molecule has 1 atom stereocenters. The first-order valence-electron chi connectivity index (χ1n) is 9.19. The molecule has 1 aromatic carbocycles. The largest absolute Gasteiger partial charge is 0.395 e. The predicted molar refractivity (Wildman–Crippen MR) is 109 cm³/mol. The Hall–Kier alpha value is -2.97. The number of hydrogen-bond acceptors (Lipinski definition) is 7. The van der Waals surface area contributed by atoms with E-state index in [9.17, 15) is 4.79 Å². The average molecular weight is 382 g/mol. The Morgan fingerprint density at radius 1 is 1.32 bits per heavy atom. The van der Waals surface area contributed by atoms with E-state index in [4.69, 9.17) is 5.11 Å². The van der Waals surface area contributed by atoms with Crippen molar-refractivity contribution in [3.05, 3.63) is 53.4 Å². The van der Waals surface area contributed by atoms with Gasteiger partial charge in [-0.1, -0.05) is 6.07 Å². The van der Waals surface area contributed by atoms with Crippen molar-refractivity contribution in [1.29, 1.82) is 0 Å². The zero-order valence-electron chi connectivity index (χ0n) is 16.6. The maximum atomic E-state index is 12.5. The number of aromatic nitrogens is 2. The number of benzene rings is 1. The number of aliphatic hydroxyl groups excluding tert-OH is 1. The van der Waals surface area contributed by atoms with Crippen molar-refractivity contribution in [3.8, 4) is 0 Å². The number of aryl methyl sites for hydroxylation is 2. The third-order valence-corrected chi connectivity index (χ3v) is 4.46. The van der Waals surface area contributed by atoms with E-state index < -0.39 is 0 Å². The molecule has 3 rings (SSSR count). The van der Waals surface area contributed by atoms with Gasteiger partial charge in [-0.2, -0.15) is 4.98 Å². The summed E-state index contributed by atoms with van der Waals surface area (Å²) in [4.78, 5) is 22.9. The highest BCUT2D eigenvalue weighted by atomic mass is 16.3. The number of hydrogen-bond donors (Lipinski definition) is 3. The SMILES string of the molecule is Cc1cc(C)cc(Nc2nccc(N3C=C(C(=O)N(C)CCO)C(C)N3)n2)c1. The van der Waals surface area contributed by atoms with Gasteiger partial charge in [0.25, 0.3) is 5.91 Å². The second-order valence-electron chi connectivity index (χ2n) is 7.00. The van der Waals surface area contributed by atoms with Crippen molar-refractivity contribution in [2.24, 2.45) is 0 Å². The number of anilines is 3. The first-order chi connectivity index (χ1) is 13.4. The quantitative estimate of drug-likeness (QED) is 0.702. The van der Waals surface area contributed by atoms with E-state index in [0.29, 0.717) is 23.9 Å². The molecule has 1 aliphatic heterocycles. The van der Waals surface area contributed by atoms with Crippen molar-refractivity contribution >= 4 is 23.4 Å². The van der Waals surface area contributed by atoms with Gasteiger partial charge in [0, 0.05) is 37.7 Å². The molecule has 1 amide bonds. The molecule has 3 N–H and O–H groups in total. The maximum Gasteiger partial charge on any atom is 0.252 e. The molecule has 0 radical (unpaired) electrons. The fraction of sp³-hybridized carbons (Fsp3) is 0.350. The van der Waals surface area contributed by atoms with E-state index in [1.54, 1.807) is 30.5 Å². The molecule has 1 aliphatic rings. The smallest absolute Gasteiger partial charge is 0.252 e. The van der Waals surface area contributed by atoms with Crippen LogP contribution in [0.4, 0.5) is 17.5 Å². The Morgan fingerprint density at radius 2 is 2.04 bits per heavy atom. The van der Waals surface area contributed by atoms with Crippen LogP contribution in [0, 0.1) is 13.8 Å². The monoisotopic (exact) mass is 382 g/mol. The molecule has 1 aromatic heterocycles. The number of aliphatic hydroxyl groups is 1. The van der Waals surface area contributed by atoms with Crippen LogP contribution in [0.25, 0.3) is 0 Å². The van der Waals surface area contributed by atoms with Gasteiger partial charge in [-0.3, -0.25) is 9.80 Å². The molecule has 0 fully saturated rings. The predicted octanol–water partition coefficient (Wildman–Crippen LogP) is 1.88. The van der Waals surface area contributed by atoms with E-state index in [0.717, 1.165) is 16.8 Å². The minimum absolute atomic E-state index is 0.0690. The Balaban J connectivity index is 1.79. The zero-order valence-corrected chi connectivity index (χ0v) is 16.6. The number of amides is 1. The topological polar surface area (TPSA) is 93.6 Å². The van der Waals surface area contributed by atoms with E-state index in [2.05, 4.69) is 26.8 Å². The lowest BCUT2D eigenvalue weighted by Crippen LogP contribution is -2.38. The first kappa shape index (κ1) is 19.8. The highest BCUT2D eigenvalue weighted by Crippen LogP contribution is 2.22. The number of nitrogens with zero attached hydrogens (tertiary/aromatic N) is 4. The Labute approximate surface area is 164 Å². The van der Waals surface area contributed by atoms with Gasteiger partial charge in [0.1, 0.15) is 0 Å². The molecule has 2 heterocycles. The molecule has 0 aliphatic carbocycles. The van der Waals surface area contributed by atoms with Gasteiger partial charge in [0.2, 0.25) is 5.95 Å². The summed E-state index contributed by atoms with van der Waals surface area (Å²) in [5.41, 5.74) is 7.07. The van der Waals surface area contributed by atoms with Crippen molar-refractivity contribution in [2.45, 2.75) is 26.8 Å². The number of nitrogens with one attached hydrogen (secondary N) is 2. The van der Waals surface area contributed by atoms with Gasteiger partial charge in [-0.15, -0.1) is 0 Å². The number of carbonyl (C=O) groups excluding carboxylic acids is 1. The summed E-state index contributed by atoms with van der Waals surface area (Å²) in [5, 5.41) is 14.0. The molecule has 2 aromatic rings. The molecule has 1 unspecified atom stereocenters. The van der Waals surface area contributed by atoms with Gasteiger partial charge in [0.15, 0.2) is 5.82 Å². The fourth-order valence-electron chi connectivity index (χ4n) is 3.13. The summed E-state index contributed by atoms with van der Waals surface area (Å²) < 4.78 is 0. The average Bonchev–Trinajstić information content (AvgIpc) is 3.02. The van der Waals surface area contributed by atoms with Crippen molar-refractivity contribution in [1.82, 2.24) is 20.3 Å². The van der Waals surface area contributed by atoms with Crippen LogP contribution in [-0.2, 0) is 4.79 Å². The van der Waals surface area contributed by atoms with E-state index in [-0.39, 0.29) is 18.6 Å². The molecule has 0 saturated heterocycles. The molecular formula is C20H26N6O2. The summed E-state index contributed by atoms with van der Waals surface area (Å²) in [7, 11) is 1.67. The van der Waals surface area contributed by atoms with Crippen molar-refractivity contribution in [3.63, 3.8) is 0 Å². The van der Waals surface area contributed by atoms with Crippen LogP contribution in [0.5, 0.6) is 0 Å². The molecular weight excluding hydrogens is 356 g/mol. The third-order valence-electron chi connectivity index (χ3n) is 4.46. The van der Waals surface area contributed by atoms with Crippen molar-refractivity contribution in [2.75, 3.05) is 30.5 Å². The van der Waals surface area contributed by atoms with E-state index >= 15 is 0 Å². The number of carbonyl (C=O) groups is 1. The summed E-state index contributed by atoms with van der Waals surface area (Å²) in [6, 6.07) is 7.78. The number of likely N-dealkylation sites (N-methyl/N-ethyl adjacent to an activating group) is 1. The molecule has 8 heteroatoms. The van der Waals surface area contributed by atoms with E-state index in [1.807, 2.05) is 32.9 Å². The summed E-state index contributed by atoms with van der Waals surface area (Å²) in [5.74, 6) is 0.975. The van der Waals surface area contributed by atoms with Crippen LogP contribution < -0.4 is 15.8 Å². The Morgan fingerprint density at radius 3 is 2.71 bits per heavy atom. The van der Waals surface area contributed by atoms with Crippen LogP contribution in [0.3, 0.4) is 0 Å². The lowest BCUT2D eigenvalue weighted by atomic mass is 10.1. The Bertz CT molecular complexity index is 878. The van der Waals surface area contributed by atoms with Crippen molar-refractivity contribution < 1.29 is 9.90 Å². The summed E-state index contributed by atoms with van der Waals surface area (Å²) in [6.45, 7) is 6.22. The van der Waals surface area contributed by atoms with Crippen LogP contribution in [0.1, 0.15) is 18.1 Å². The molecule has 28 heavy (non-hydrogen) atoms. The van der Waals surface area contributed by atoms with Gasteiger partial charge in [-0.05, 0) is 44.0 Å². The lowest BCUT2D eigenvalue weighted by Gasteiger charge is -2.19. The van der Waals surface area contributed by atoms with Gasteiger partial charge < -0.3 is 15.3 Å². The maximum absolute atomic E-state index is 12.5. The summed E-state index contributed by atoms with van der Waals surface area (Å²) in [6.07, 6.45) is 3.41. The number of hydrazine groups is 1. The van der Waals surface area contributed by atoms with Crippen LogP contribution in [0.2, 0.25) is 0 Å². The molecule has 0 bridgehead atoms. The second-order valence-corrected chi connectivity index (χ2v) is 7.00. The van der Waals surface area contributed by atoms with Gasteiger partial charge >= 0.3 is 0 Å². The normalized spacial score (nSPS) is 16.1. The highest BCUT2D eigenvalue weighted by molar-refractivity contribution is 5.95. The minimum atomic E-state index is -0.167. The first-order valence-corrected chi connectivity index (χ1v) is 9.19. The zero-order chi connectivity index (χ0) is 20.3. The van der Waals surface area contributed by atoms with Gasteiger partial charge in [0.05, 0.1) is 18.2 Å².